The summed E-state index contributed by atoms with van der Waals surface area (Å²) >= 11 is 0. The van der Waals surface area contributed by atoms with Gasteiger partial charge in [-0.3, -0.25) is 0 Å². The highest BCUT2D eigenvalue weighted by molar-refractivity contribution is 6.06. The van der Waals surface area contributed by atoms with Crippen molar-refractivity contribution in [3.8, 4) is 0 Å². The van der Waals surface area contributed by atoms with Crippen molar-refractivity contribution in [1.82, 2.24) is 4.90 Å². The maximum atomic E-state index is 12.7. The van der Waals surface area contributed by atoms with Gasteiger partial charge in [0.2, 0.25) is 0 Å². The average Bonchev–Trinajstić information content (AvgIpc) is 3.23. The first-order valence-electron chi connectivity index (χ1n) is 10.5. The Balaban J connectivity index is 2.26. The molecule has 0 spiro atoms. The lowest BCUT2D eigenvalue weighted by Crippen LogP contribution is -2.53. The number of nitrogens with zero attached hydrogens (tertiary/aromatic N) is 1. The Morgan fingerprint density at radius 2 is 1.56 bits per heavy atom. The molecule has 0 bridgehead atoms. The molecule has 0 N–H and O–H groups in total. The Morgan fingerprint density at radius 3 is 2.09 bits per heavy atom. The zero-order chi connectivity index (χ0) is 23.9. The Labute approximate surface area is 187 Å². The molecule has 9 nitrogen and oxygen atoms in total. The van der Waals surface area contributed by atoms with Gasteiger partial charge in [0.25, 0.3) is 0 Å². The van der Waals surface area contributed by atoms with Gasteiger partial charge in [-0.15, -0.1) is 0 Å². The predicted octanol–water partition coefficient (Wildman–Crippen LogP) is 3.11. The highest BCUT2D eigenvalue weighted by atomic mass is 16.6. The highest BCUT2D eigenvalue weighted by Crippen LogP contribution is 2.30. The van der Waals surface area contributed by atoms with Crippen LogP contribution in [0.4, 0.5) is 4.79 Å². The van der Waals surface area contributed by atoms with Crippen molar-refractivity contribution in [2.24, 2.45) is 0 Å². The molecule has 0 aliphatic carbocycles. The number of likely N-dealkylation sites (tertiary alicyclic amines) is 1. The molecular weight excluding hydrogens is 418 g/mol. The Bertz CT molecular complexity index is 814. The van der Waals surface area contributed by atoms with E-state index < -0.39 is 35.2 Å². The van der Waals surface area contributed by atoms with Crippen molar-refractivity contribution in [1.29, 1.82) is 0 Å². The van der Waals surface area contributed by atoms with E-state index in [1.54, 1.807) is 43.9 Å². The third-order valence-electron chi connectivity index (χ3n) is 5.14. The second-order valence-corrected chi connectivity index (χ2v) is 8.57. The van der Waals surface area contributed by atoms with E-state index in [1.807, 2.05) is 0 Å². The second kappa shape index (κ2) is 10.5. The summed E-state index contributed by atoms with van der Waals surface area (Å²) in [6.45, 7) is 5.82. The molecule has 0 aromatic heterocycles. The number of carbonyl (C=O) groups excluding carboxylic acids is 4. The highest BCUT2D eigenvalue weighted by Gasteiger charge is 2.53. The van der Waals surface area contributed by atoms with Crippen LogP contribution in [0.2, 0.25) is 0 Å². The molecule has 0 saturated carbocycles. The first-order valence-corrected chi connectivity index (χ1v) is 10.5. The summed E-state index contributed by atoms with van der Waals surface area (Å²) in [4.78, 5) is 52.3. The van der Waals surface area contributed by atoms with E-state index in [2.05, 4.69) is 0 Å². The largest absolute Gasteiger partial charge is 0.466 e. The number of ether oxygens (including phenoxy) is 4. The molecule has 176 valence electrons. The zero-order valence-corrected chi connectivity index (χ0v) is 19.2. The van der Waals surface area contributed by atoms with Crippen LogP contribution in [-0.4, -0.2) is 66.9 Å². The molecular formula is C23H31NO8. The Kier molecular flexibility index (Phi) is 8.24. The van der Waals surface area contributed by atoms with E-state index in [4.69, 9.17) is 18.9 Å². The maximum absolute atomic E-state index is 12.7. The fraction of sp³-hybridized carbons (Fsp3) is 0.565. The molecule has 0 unspecified atom stereocenters. The van der Waals surface area contributed by atoms with Crippen molar-refractivity contribution in [3.05, 3.63) is 35.9 Å². The lowest BCUT2D eigenvalue weighted by atomic mass is 9.93. The molecule has 1 heterocycles. The molecule has 1 aromatic rings. The number of carbonyl (C=O) groups is 4. The molecule has 0 radical (unpaired) electrons. The molecule has 2 rings (SSSR count). The molecule has 32 heavy (non-hydrogen) atoms. The SMILES string of the molecule is COC(=O)C(CC[C@@H]1CCCN1C(=O)OC(C)(C)C)(OC(=O)c1ccccc1)C(=O)OC. The molecule has 1 aliphatic heterocycles. The van der Waals surface area contributed by atoms with E-state index in [-0.39, 0.29) is 24.4 Å². The summed E-state index contributed by atoms with van der Waals surface area (Å²) in [5.74, 6) is -2.96. The van der Waals surface area contributed by atoms with Gasteiger partial charge in [0, 0.05) is 19.0 Å². The molecule has 1 saturated heterocycles. The van der Waals surface area contributed by atoms with Crippen LogP contribution in [0.5, 0.6) is 0 Å². The lowest BCUT2D eigenvalue weighted by molar-refractivity contribution is -0.182. The van der Waals surface area contributed by atoms with E-state index in [0.29, 0.717) is 13.0 Å². The van der Waals surface area contributed by atoms with Gasteiger partial charge in [-0.2, -0.15) is 0 Å². The van der Waals surface area contributed by atoms with Crippen molar-refractivity contribution >= 4 is 24.0 Å². The number of amides is 1. The molecule has 1 fully saturated rings. The van der Waals surface area contributed by atoms with Crippen LogP contribution >= 0.6 is 0 Å². The minimum atomic E-state index is -2.29. The number of hydrogen-bond donors (Lipinski definition) is 0. The second-order valence-electron chi connectivity index (χ2n) is 8.57. The van der Waals surface area contributed by atoms with Gasteiger partial charge < -0.3 is 23.8 Å². The van der Waals surface area contributed by atoms with Gasteiger partial charge in [0.1, 0.15) is 5.60 Å². The molecule has 9 heteroatoms. The smallest absolute Gasteiger partial charge is 0.410 e. The predicted molar refractivity (Wildman–Crippen MR) is 114 cm³/mol. The fourth-order valence-electron chi connectivity index (χ4n) is 3.61. The summed E-state index contributed by atoms with van der Waals surface area (Å²) in [7, 11) is 2.19. The first kappa shape index (κ1) is 25.2. The van der Waals surface area contributed by atoms with Crippen LogP contribution < -0.4 is 0 Å². The minimum Gasteiger partial charge on any atom is -0.466 e. The molecule has 1 aliphatic rings. The van der Waals surface area contributed by atoms with Gasteiger partial charge in [-0.05, 0) is 52.2 Å². The zero-order valence-electron chi connectivity index (χ0n) is 19.2. The van der Waals surface area contributed by atoms with Crippen LogP contribution in [-0.2, 0) is 28.5 Å². The number of esters is 3. The molecule has 1 aromatic carbocycles. The van der Waals surface area contributed by atoms with E-state index >= 15 is 0 Å². The monoisotopic (exact) mass is 449 g/mol. The van der Waals surface area contributed by atoms with Crippen LogP contribution in [0.25, 0.3) is 0 Å². The summed E-state index contributed by atoms with van der Waals surface area (Å²) in [6.07, 6.45) is 0.921. The normalized spacial score (nSPS) is 16.3. The van der Waals surface area contributed by atoms with E-state index in [1.165, 1.54) is 12.1 Å². The quantitative estimate of drug-likeness (QED) is 0.355. The van der Waals surface area contributed by atoms with Crippen molar-refractivity contribution in [3.63, 3.8) is 0 Å². The molecule has 1 atom stereocenters. The minimum absolute atomic E-state index is 0.168. The number of hydrogen-bond acceptors (Lipinski definition) is 8. The first-order chi connectivity index (χ1) is 15.0. The van der Waals surface area contributed by atoms with Gasteiger partial charge in [-0.25, -0.2) is 19.2 Å². The number of rotatable bonds is 7. The maximum Gasteiger partial charge on any atom is 0.410 e. The van der Waals surface area contributed by atoms with Gasteiger partial charge in [-0.1, -0.05) is 18.2 Å². The molecule has 1 amide bonds. The van der Waals surface area contributed by atoms with Gasteiger partial charge in [0.05, 0.1) is 19.8 Å². The van der Waals surface area contributed by atoms with E-state index in [9.17, 15) is 19.2 Å². The van der Waals surface area contributed by atoms with Gasteiger partial charge in [0.15, 0.2) is 0 Å². The van der Waals surface area contributed by atoms with Crippen molar-refractivity contribution in [2.75, 3.05) is 20.8 Å². The number of methoxy groups -OCH3 is 2. The summed E-state index contributed by atoms with van der Waals surface area (Å²) in [5, 5.41) is 0. The summed E-state index contributed by atoms with van der Waals surface area (Å²) in [5.41, 5.74) is -2.78. The standard InChI is InChI=1S/C23H31NO8/c1-22(2,3)32-21(28)24-15-9-12-17(24)13-14-23(19(26)29-4,20(27)30-5)31-18(25)16-10-7-6-8-11-16/h6-8,10-11,17H,9,12-15H2,1-5H3/t17-/m0/s1. The van der Waals surface area contributed by atoms with Gasteiger partial charge >= 0.3 is 29.6 Å². The lowest BCUT2D eigenvalue weighted by Gasteiger charge is -2.32. The Morgan fingerprint density at radius 1 is 0.969 bits per heavy atom. The third-order valence-corrected chi connectivity index (χ3v) is 5.14. The number of benzene rings is 1. The van der Waals surface area contributed by atoms with E-state index in [0.717, 1.165) is 20.6 Å². The average molecular weight is 450 g/mol. The van der Waals surface area contributed by atoms with Crippen molar-refractivity contribution < 1.29 is 38.1 Å². The van der Waals surface area contributed by atoms with Crippen LogP contribution in [0.15, 0.2) is 30.3 Å². The Hall–Kier alpha value is -3.10. The van der Waals surface area contributed by atoms with Crippen LogP contribution in [0, 0.1) is 0 Å². The fourth-order valence-corrected chi connectivity index (χ4v) is 3.61. The summed E-state index contributed by atoms with van der Waals surface area (Å²) < 4.78 is 20.5. The van der Waals surface area contributed by atoms with Crippen LogP contribution in [0.3, 0.4) is 0 Å². The van der Waals surface area contributed by atoms with Crippen LogP contribution in [0.1, 0.15) is 56.8 Å². The topological polar surface area (TPSA) is 108 Å². The van der Waals surface area contributed by atoms with Crippen molar-refractivity contribution in [2.45, 2.75) is 63.7 Å². The third kappa shape index (κ3) is 5.99. The summed E-state index contributed by atoms with van der Waals surface area (Å²) in [6, 6.07) is 7.69.